The summed E-state index contributed by atoms with van der Waals surface area (Å²) in [6.07, 6.45) is -1.78. The van der Waals surface area contributed by atoms with Crippen molar-refractivity contribution in [2.24, 2.45) is 12.5 Å². The Morgan fingerprint density at radius 2 is 2.13 bits per heavy atom. The van der Waals surface area contributed by atoms with E-state index in [0.29, 0.717) is 11.6 Å². The van der Waals surface area contributed by atoms with Gasteiger partial charge in [0.2, 0.25) is 11.1 Å². The molecule has 212 valence electrons. The Kier molecular flexibility index (Phi) is 8.38. The molecule has 0 radical (unpaired) electrons. The molecule has 2 aromatic heterocycles. The fourth-order valence-electron chi connectivity index (χ4n) is 3.72. The number of anilines is 1. The molecule has 3 unspecified atom stereocenters. The molecule has 2 fully saturated rings. The van der Waals surface area contributed by atoms with E-state index in [2.05, 4.69) is 31.1 Å². The third-order valence-electron chi connectivity index (χ3n) is 6.44. The number of aromatic nitrogens is 5. The smallest absolute Gasteiger partial charge is 0.413 e. The Morgan fingerprint density at radius 1 is 1.38 bits per heavy atom. The van der Waals surface area contributed by atoms with Crippen molar-refractivity contribution in [1.82, 2.24) is 35.4 Å². The molecule has 39 heavy (non-hydrogen) atoms. The maximum Gasteiger partial charge on any atom is 0.413 e. The number of tetrazole rings is 1. The lowest BCUT2D eigenvalue weighted by Gasteiger charge is -2.53. The number of aliphatic hydroxyl groups is 1. The van der Waals surface area contributed by atoms with Gasteiger partial charge in [0.1, 0.15) is 22.4 Å². The number of amides is 3. The van der Waals surface area contributed by atoms with E-state index >= 15 is 0 Å². The number of fused-ring (bicyclic) bond motifs is 1. The van der Waals surface area contributed by atoms with Gasteiger partial charge in [0.15, 0.2) is 11.2 Å². The Labute approximate surface area is 235 Å². The minimum atomic E-state index is -1.68. The quantitative estimate of drug-likeness (QED) is 0.219. The van der Waals surface area contributed by atoms with Crippen molar-refractivity contribution in [1.29, 1.82) is 0 Å². The van der Waals surface area contributed by atoms with Crippen LogP contribution in [0.5, 0.6) is 0 Å². The lowest BCUT2D eigenvalue weighted by atomic mass is 9.89. The zero-order chi connectivity index (χ0) is 28.5. The molecule has 4 atom stereocenters. The van der Waals surface area contributed by atoms with E-state index in [0.717, 1.165) is 11.3 Å². The van der Waals surface area contributed by atoms with Gasteiger partial charge < -0.3 is 25.2 Å². The summed E-state index contributed by atoms with van der Waals surface area (Å²) >= 11 is 3.45. The Bertz CT molecular complexity index is 1270. The summed E-state index contributed by atoms with van der Waals surface area (Å²) < 4.78 is 6.73. The normalized spacial score (nSPS) is 23.4. The van der Waals surface area contributed by atoms with Gasteiger partial charge in [-0.25, -0.2) is 14.5 Å². The van der Waals surface area contributed by atoms with Gasteiger partial charge >= 0.3 is 12.1 Å². The van der Waals surface area contributed by atoms with Crippen molar-refractivity contribution < 1.29 is 34.1 Å². The van der Waals surface area contributed by atoms with Crippen LogP contribution in [0.1, 0.15) is 39.0 Å². The number of rotatable bonds is 10. The molecule has 3 amide bonds. The van der Waals surface area contributed by atoms with Gasteiger partial charge in [0.05, 0.1) is 5.69 Å². The summed E-state index contributed by atoms with van der Waals surface area (Å²) in [6.45, 7) is 5.38. The number of ether oxygens (including phenoxy) is 1. The Morgan fingerprint density at radius 3 is 2.77 bits per heavy atom. The number of aliphatic hydroxyl groups excluding tert-OH is 1. The number of nitrogens with one attached hydrogen (secondary N) is 2. The highest BCUT2D eigenvalue weighted by molar-refractivity contribution is 8.00. The van der Waals surface area contributed by atoms with Crippen LogP contribution in [0.2, 0.25) is 0 Å². The van der Waals surface area contributed by atoms with E-state index in [-0.39, 0.29) is 28.9 Å². The molecule has 0 aromatic carbocycles. The number of hydrogen-bond acceptors (Lipinski definition) is 13. The molecule has 2 aliphatic rings. The van der Waals surface area contributed by atoms with Crippen LogP contribution < -0.4 is 10.6 Å². The van der Waals surface area contributed by atoms with Crippen molar-refractivity contribution in [3.63, 3.8) is 0 Å². The summed E-state index contributed by atoms with van der Waals surface area (Å²) in [5, 5.41) is 38.2. The largest absolute Gasteiger partial charge is 0.481 e. The third kappa shape index (κ3) is 6.12. The van der Waals surface area contributed by atoms with E-state index in [1.165, 1.54) is 38.5 Å². The molecule has 2 saturated heterocycles. The highest BCUT2D eigenvalue weighted by Crippen LogP contribution is 2.44. The van der Waals surface area contributed by atoms with Crippen molar-refractivity contribution in [3.8, 4) is 0 Å². The SMILES string of the molecule is CCC(C)(C)OC(=O)Nc1nc(C(O)C(=O)NC2C(=O)N3CC(CSc4nnnn4C)(C(=O)O)CS[C@H]23)cs1. The molecule has 2 aliphatic heterocycles. The van der Waals surface area contributed by atoms with Crippen LogP contribution in [0.25, 0.3) is 0 Å². The number of aliphatic carboxylic acids is 1. The molecule has 0 spiro atoms. The second-order valence-electron chi connectivity index (χ2n) is 9.72. The first-order valence-electron chi connectivity index (χ1n) is 11.8. The zero-order valence-corrected chi connectivity index (χ0v) is 23.9. The first-order valence-corrected chi connectivity index (χ1v) is 14.7. The highest BCUT2D eigenvalue weighted by Gasteiger charge is 2.57. The fourth-order valence-corrected chi connectivity index (χ4v) is 7.15. The van der Waals surface area contributed by atoms with Crippen LogP contribution in [0.4, 0.5) is 9.93 Å². The van der Waals surface area contributed by atoms with Crippen LogP contribution >= 0.6 is 34.9 Å². The first-order chi connectivity index (χ1) is 18.4. The second-order valence-corrected chi connectivity index (χ2v) is 12.6. The minimum absolute atomic E-state index is 0.00246. The van der Waals surface area contributed by atoms with Crippen molar-refractivity contribution in [3.05, 3.63) is 11.1 Å². The van der Waals surface area contributed by atoms with Gasteiger partial charge in [-0.15, -0.1) is 28.2 Å². The van der Waals surface area contributed by atoms with E-state index < -0.39 is 52.4 Å². The molecule has 2 aromatic rings. The average molecular weight is 601 g/mol. The first kappa shape index (κ1) is 29.0. The number of carbonyl (C=O) groups is 4. The summed E-state index contributed by atoms with van der Waals surface area (Å²) in [4.78, 5) is 55.3. The molecule has 4 heterocycles. The number of β-lactam (4-membered cyclic amide) rings is 1. The Balaban J connectivity index is 1.32. The van der Waals surface area contributed by atoms with Gasteiger partial charge in [0.25, 0.3) is 5.91 Å². The Hall–Kier alpha value is -2.96. The molecule has 4 N–H and O–H groups in total. The van der Waals surface area contributed by atoms with Crippen LogP contribution in [-0.2, 0) is 26.2 Å². The van der Waals surface area contributed by atoms with Gasteiger partial charge in [-0.3, -0.25) is 19.7 Å². The van der Waals surface area contributed by atoms with Crippen LogP contribution in [-0.4, -0.2) is 99.2 Å². The van der Waals surface area contributed by atoms with Gasteiger partial charge in [-0.05, 0) is 30.7 Å². The van der Waals surface area contributed by atoms with E-state index in [1.807, 2.05) is 6.92 Å². The number of carbonyl (C=O) groups excluding carboxylic acids is 3. The molecule has 0 bridgehead atoms. The summed E-state index contributed by atoms with van der Waals surface area (Å²) in [7, 11) is 1.65. The summed E-state index contributed by atoms with van der Waals surface area (Å²) in [5.74, 6) is -1.96. The third-order valence-corrected chi connectivity index (χ3v) is 10.1. The molecule has 0 saturated carbocycles. The number of thiazole rings is 1. The predicted molar refractivity (Wildman–Crippen MR) is 141 cm³/mol. The van der Waals surface area contributed by atoms with E-state index in [4.69, 9.17) is 4.74 Å². The average Bonchev–Trinajstić information content (AvgIpc) is 3.53. The van der Waals surface area contributed by atoms with Crippen LogP contribution in [0.15, 0.2) is 10.5 Å². The topological polar surface area (TPSA) is 202 Å². The molecule has 0 aliphatic carbocycles. The van der Waals surface area contributed by atoms with Crippen molar-refractivity contribution >= 4 is 63.9 Å². The van der Waals surface area contributed by atoms with Gasteiger partial charge in [0, 0.05) is 30.5 Å². The molecular weight excluding hydrogens is 572 g/mol. The summed E-state index contributed by atoms with van der Waals surface area (Å²) in [6, 6.07) is -0.915. The maximum absolute atomic E-state index is 12.9. The fraction of sp³-hybridized carbons (Fsp3) is 0.619. The highest BCUT2D eigenvalue weighted by atomic mass is 32.2. The number of carboxylic acids is 1. The molecular formula is C21H28N8O7S3. The maximum atomic E-state index is 12.9. The predicted octanol–water partition coefficient (Wildman–Crippen LogP) is 0.700. The molecule has 4 rings (SSSR count). The van der Waals surface area contributed by atoms with Crippen LogP contribution in [0.3, 0.4) is 0 Å². The molecule has 15 nitrogen and oxygen atoms in total. The van der Waals surface area contributed by atoms with Gasteiger partial charge in [-0.1, -0.05) is 18.7 Å². The summed E-state index contributed by atoms with van der Waals surface area (Å²) in [5.41, 5.74) is -1.89. The number of nitrogens with zero attached hydrogens (tertiary/aromatic N) is 6. The zero-order valence-electron chi connectivity index (χ0n) is 21.5. The van der Waals surface area contributed by atoms with E-state index in [9.17, 15) is 29.4 Å². The number of hydrogen-bond donors (Lipinski definition) is 4. The van der Waals surface area contributed by atoms with Gasteiger partial charge in [-0.2, -0.15) is 0 Å². The number of thioether (sulfide) groups is 2. The number of aryl methyl sites for hydroxylation is 1. The number of carboxylic acid groups (broad SMARTS) is 1. The van der Waals surface area contributed by atoms with Crippen molar-refractivity contribution in [2.45, 2.75) is 55.5 Å². The second kappa shape index (κ2) is 11.3. The van der Waals surface area contributed by atoms with E-state index in [1.54, 1.807) is 20.9 Å². The molecule has 18 heteroatoms. The standard InChI is InChI=1S/C21H28N8O7S3/c1-5-20(2,3)36-19(35)24-17-22-10(6-37-17)12(30)13(31)23-11-14(32)29-7-21(16(33)34,8-38-15(11)29)9-39-18-25-26-27-28(18)4/h6,11-12,15,30H,5,7-9H2,1-4H3,(H,23,31)(H,33,34)(H,22,24,35)/t11?,12?,15-,21?/m1/s1. The monoisotopic (exact) mass is 600 g/mol. The van der Waals surface area contributed by atoms with Crippen molar-refractivity contribution in [2.75, 3.05) is 23.4 Å². The van der Waals surface area contributed by atoms with Crippen LogP contribution in [0, 0.1) is 5.41 Å². The lowest BCUT2D eigenvalue weighted by Crippen LogP contribution is -2.74. The minimum Gasteiger partial charge on any atom is -0.481 e. The lowest BCUT2D eigenvalue weighted by molar-refractivity contribution is -0.158.